The number of carboxylic acid groups (broad SMARTS) is 1. The van der Waals surface area contributed by atoms with Gasteiger partial charge < -0.3 is 19.4 Å². The van der Waals surface area contributed by atoms with Crippen LogP contribution in [-0.2, 0) is 0 Å². The number of hydrogen-bond acceptors (Lipinski definition) is 7. The monoisotopic (exact) mass is 495 g/mol. The molecule has 0 aliphatic rings. The fourth-order valence-corrected chi connectivity index (χ4v) is 4.00. The molecule has 34 heavy (non-hydrogen) atoms. The minimum Gasteiger partial charge on any atom is -0.545 e. The Morgan fingerprint density at radius 3 is 2.65 bits per heavy atom. The molecule has 4 rings (SSSR count). The summed E-state index contributed by atoms with van der Waals surface area (Å²) < 4.78 is 11.9. The Bertz CT molecular complexity index is 1570. The van der Waals surface area contributed by atoms with Gasteiger partial charge in [-0.15, -0.1) is 11.3 Å². The number of esters is 1. The molecule has 172 valence electrons. The molecule has 2 aromatic carbocycles. The number of benzene rings is 2. The number of carbonyl (C=O) groups is 2. The van der Waals surface area contributed by atoms with Gasteiger partial charge in [0.05, 0.1) is 29.3 Å². The molecule has 0 amide bonds. The van der Waals surface area contributed by atoms with E-state index in [9.17, 15) is 19.5 Å². The number of nitrogens with zero attached hydrogens (tertiary/aromatic N) is 1. The van der Waals surface area contributed by atoms with E-state index >= 15 is 0 Å². The second-order valence-electron chi connectivity index (χ2n) is 7.02. The first kappa shape index (κ1) is 23.1. The Balaban J connectivity index is 1.71. The summed E-state index contributed by atoms with van der Waals surface area (Å²) in [6, 6.07) is 12.3. The van der Waals surface area contributed by atoms with Crippen LogP contribution in [0.2, 0.25) is 5.02 Å². The first-order chi connectivity index (χ1) is 16.3. The number of ether oxygens (including phenoxy) is 2. The van der Waals surface area contributed by atoms with E-state index in [4.69, 9.17) is 21.1 Å². The molecule has 0 fully saturated rings. The third kappa shape index (κ3) is 4.52. The van der Waals surface area contributed by atoms with Crippen LogP contribution < -0.4 is 30.7 Å². The highest BCUT2D eigenvalue weighted by molar-refractivity contribution is 7.12. The van der Waals surface area contributed by atoms with Gasteiger partial charge in [0.2, 0.25) is 0 Å². The summed E-state index contributed by atoms with van der Waals surface area (Å²) in [6.45, 7) is 3.86. The maximum atomic E-state index is 13.0. The van der Waals surface area contributed by atoms with Crippen molar-refractivity contribution in [3.05, 3.63) is 95.9 Å². The molecule has 0 spiro atoms. The van der Waals surface area contributed by atoms with Crippen molar-refractivity contribution in [1.82, 2.24) is 9.78 Å². The number of nitrogens with one attached hydrogen (secondary N) is 1. The van der Waals surface area contributed by atoms with E-state index in [1.165, 1.54) is 36.6 Å². The number of carboxylic acids is 1. The van der Waals surface area contributed by atoms with Crippen molar-refractivity contribution in [2.45, 2.75) is 0 Å². The summed E-state index contributed by atoms with van der Waals surface area (Å²) in [5, 5.41) is 16.4. The number of carbonyl (C=O) groups excluding carboxylic acids is 2. The van der Waals surface area contributed by atoms with Crippen LogP contribution in [0, 0.1) is 0 Å². The van der Waals surface area contributed by atoms with Gasteiger partial charge in [0.15, 0.2) is 11.5 Å². The fourth-order valence-electron chi connectivity index (χ4n) is 3.20. The molecule has 4 aromatic rings. The third-order valence-corrected chi connectivity index (χ3v) is 6.04. The predicted molar refractivity (Wildman–Crippen MR) is 126 cm³/mol. The van der Waals surface area contributed by atoms with E-state index in [-0.39, 0.29) is 27.2 Å². The second kappa shape index (κ2) is 9.42. The van der Waals surface area contributed by atoms with Crippen molar-refractivity contribution in [2.75, 3.05) is 7.11 Å². The minimum atomic E-state index is -1.46. The van der Waals surface area contributed by atoms with Crippen LogP contribution in [0.5, 0.6) is 11.5 Å². The molecule has 0 unspecified atom stereocenters. The Morgan fingerprint density at radius 2 is 1.97 bits per heavy atom. The van der Waals surface area contributed by atoms with E-state index in [2.05, 4.69) is 11.7 Å². The predicted octanol–water partition coefficient (Wildman–Crippen LogP) is 1.71. The van der Waals surface area contributed by atoms with Gasteiger partial charge in [-0.2, -0.15) is 0 Å². The largest absolute Gasteiger partial charge is 0.545 e. The van der Waals surface area contributed by atoms with E-state index in [0.29, 0.717) is 21.5 Å². The lowest BCUT2D eigenvalue weighted by atomic mass is 10.1. The Labute approximate surface area is 201 Å². The summed E-state index contributed by atoms with van der Waals surface area (Å²) in [4.78, 5) is 37.0. The summed E-state index contributed by atoms with van der Waals surface area (Å²) in [5.41, 5.74) is 0.150. The van der Waals surface area contributed by atoms with E-state index in [1.807, 2.05) is 0 Å². The Hall–Kier alpha value is -4.08. The zero-order valence-corrected chi connectivity index (χ0v) is 19.2. The molecule has 0 atom stereocenters. The van der Waals surface area contributed by atoms with Gasteiger partial charge in [-0.1, -0.05) is 30.3 Å². The van der Waals surface area contributed by atoms with Crippen molar-refractivity contribution in [3.8, 4) is 17.2 Å². The van der Waals surface area contributed by atoms with Crippen molar-refractivity contribution in [1.29, 1.82) is 0 Å². The lowest BCUT2D eigenvalue weighted by Gasteiger charge is -2.09. The third-order valence-electron chi connectivity index (χ3n) is 4.86. The summed E-state index contributed by atoms with van der Waals surface area (Å²) in [7, 11) is 1.44. The average Bonchev–Trinajstić information content (AvgIpc) is 3.45. The zero-order valence-electron chi connectivity index (χ0n) is 17.7. The molecule has 8 nitrogen and oxygen atoms in total. The number of aromatic amines is 1. The van der Waals surface area contributed by atoms with Crippen molar-refractivity contribution < 1.29 is 24.2 Å². The molecule has 0 saturated carbocycles. The molecule has 2 heterocycles. The molecule has 2 aromatic heterocycles. The molecule has 10 heteroatoms. The van der Waals surface area contributed by atoms with Crippen LogP contribution in [0.25, 0.3) is 18.3 Å². The summed E-state index contributed by atoms with van der Waals surface area (Å²) >= 11 is 7.15. The minimum absolute atomic E-state index is 0.00282. The first-order valence-electron chi connectivity index (χ1n) is 9.75. The van der Waals surface area contributed by atoms with Gasteiger partial charge >= 0.3 is 5.97 Å². The number of halogens is 1. The van der Waals surface area contributed by atoms with Crippen LogP contribution in [0.15, 0.2) is 58.7 Å². The molecule has 0 radical (unpaired) electrons. The average molecular weight is 496 g/mol. The van der Waals surface area contributed by atoms with E-state index in [0.717, 1.165) is 4.68 Å². The smallest absolute Gasteiger partial charge is 0.353 e. The highest BCUT2D eigenvalue weighted by Crippen LogP contribution is 2.29. The van der Waals surface area contributed by atoms with Gasteiger partial charge in [-0.25, -0.2) is 9.48 Å². The summed E-state index contributed by atoms with van der Waals surface area (Å²) in [6.07, 6.45) is 1.58. The first-order valence-corrected chi connectivity index (χ1v) is 11.0. The molecule has 0 saturated heterocycles. The van der Waals surface area contributed by atoms with Gasteiger partial charge in [0.25, 0.3) is 5.56 Å². The highest BCUT2D eigenvalue weighted by atomic mass is 35.5. The topological polar surface area (TPSA) is 113 Å². The number of H-pyrrole nitrogens is 1. The van der Waals surface area contributed by atoms with Crippen LogP contribution in [0.4, 0.5) is 0 Å². The highest BCUT2D eigenvalue weighted by Gasteiger charge is 2.14. The number of methoxy groups -OCH3 is 1. The summed E-state index contributed by atoms with van der Waals surface area (Å²) in [5.74, 6) is -1.43. The maximum Gasteiger partial charge on any atom is 0.353 e. The number of thiophene rings is 1. The van der Waals surface area contributed by atoms with Crippen LogP contribution >= 0.6 is 22.9 Å². The number of rotatable bonds is 6. The van der Waals surface area contributed by atoms with Gasteiger partial charge in [0.1, 0.15) is 4.88 Å². The number of hydrogen-bond donors (Lipinski definition) is 1. The number of aromatic nitrogens is 2. The molecular formula is C24H16ClN2O6S-. The van der Waals surface area contributed by atoms with Crippen LogP contribution in [0.1, 0.15) is 25.6 Å². The molecule has 0 aliphatic carbocycles. The second-order valence-corrected chi connectivity index (χ2v) is 8.37. The Kier molecular flexibility index (Phi) is 6.40. The van der Waals surface area contributed by atoms with E-state index < -0.39 is 17.5 Å². The van der Waals surface area contributed by atoms with Crippen molar-refractivity contribution >= 4 is 47.5 Å². The van der Waals surface area contributed by atoms with Gasteiger partial charge in [-0.05, 0) is 53.4 Å². The maximum absolute atomic E-state index is 13.0. The molecule has 1 N–H and O–H groups in total. The SMILES string of the molecule is C=c1[nH]n(-c2ccc(Cl)c(C(=O)[O-])c2)c(=O)/c1=C\c1ccc(OC(=O)c2cccs2)c(OC)c1. The molecule has 0 bridgehead atoms. The zero-order chi connectivity index (χ0) is 24.4. The molecular weight excluding hydrogens is 480 g/mol. The van der Waals surface area contributed by atoms with Gasteiger partial charge in [-0.3, -0.25) is 9.89 Å². The fraction of sp³-hybridized carbons (Fsp3) is 0.0417. The quantitative estimate of drug-likeness (QED) is 0.322. The molecule has 0 aliphatic heterocycles. The van der Waals surface area contributed by atoms with Gasteiger partial charge in [0, 0.05) is 10.6 Å². The lowest BCUT2D eigenvalue weighted by Crippen LogP contribution is -2.34. The van der Waals surface area contributed by atoms with Crippen molar-refractivity contribution in [2.24, 2.45) is 0 Å². The Morgan fingerprint density at radius 1 is 1.18 bits per heavy atom. The van der Waals surface area contributed by atoms with E-state index in [1.54, 1.807) is 41.8 Å². The van der Waals surface area contributed by atoms with Crippen LogP contribution in [0.3, 0.4) is 0 Å². The standard InChI is InChI=1S/C24H17ClN2O6S/c1-13-16(22(28)27(26-13)15-6-7-18(25)17(12-15)23(29)30)10-14-5-8-19(20(11-14)32-2)33-24(31)21-4-3-9-34-21/h3-12,26H,1H2,2H3,(H,29,30)/p-1/b16-10-. The van der Waals surface area contributed by atoms with Crippen LogP contribution in [-0.4, -0.2) is 28.8 Å². The normalized spacial score (nSPS) is 11.4. The lowest BCUT2D eigenvalue weighted by molar-refractivity contribution is -0.255. The van der Waals surface area contributed by atoms with Crippen molar-refractivity contribution in [3.63, 3.8) is 0 Å². The number of aromatic carboxylic acids is 1.